The maximum absolute atomic E-state index is 11.6. The first kappa shape index (κ1) is 12.5. The second-order valence-electron chi connectivity index (χ2n) is 3.93. The predicted octanol–water partition coefficient (Wildman–Crippen LogP) is 1.10. The van der Waals surface area contributed by atoms with Crippen molar-refractivity contribution in [2.24, 2.45) is 0 Å². The molecule has 1 rings (SSSR count). The van der Waals surface area contributed by atoms with Crippen LogP contribution in [0, 0.1) is 0 Å². The number of nitrogens with one attached hydrogen (secondary N) is 1. The molecule has 1 heterocycles. The zero-order valence-electron chi connectivity index (χ0n) is 9.62. The second kappa shape index (κ2) is 6.80. The van der Waals surface area contributed by atoms with Crippen LogP contribution in [0.25, 0.3) is 0 Å². The summed E-state index contributed by atoms with van der Waals surface area (Å²) in [4.78, 5) is 11.6. The van der Waals surface area contributed by atoms with Gasteiger partial charge in [0.2, 0.25) is 0 Å². The highest BCUT2D eigenvalue weighted by molar-refractivity contribution is 5.75. The van der Waals surface area contributed by atoms with E-state index in [0.717, 1.165) is 19.3 Å². The van der Waals surface area contributed by atoms with E-state index in [4.69, 9.17) is 9.47 Å². The maximum Gasteiger partial charge on any atom is 0.323 e. The zero-order valence-corrected chi connectivity index (χ0v) is 9.62. The molecule has 0 spiro atoms. The van der Waals surface area contributed by atoms with Crippen LogP contribution in [0.1, 0.15) is 32.6 Å². The van der Waals surface area contributed by atoms with Crippen LogP contribution in [0.15, 0.2) is 0 Å². The van der Waals surface area contributed by atoms with Gasteiger partial charge in [-0.3, -0.25) is 4.79 Å². The van der Waals surface area contributed by atoms with Crippen molar-refractivity contribution in [2.75, 3.05) is 20.3 Å². The minimum Gasteiger partial charge on any atom is -0.456 e. The molecule has 15 heavy (non-hydrogen) atoms. The van der Waals surface area contributed by atoms with Crippen LogP contribution < -0.4 is 5.32 Å². The molecule has 4 nitrogen and oxygen atoms in total. The zero-order chi connectivity index (χ0) is 11.1. The summed E-state index contributed by atoms with van der Waals surface area (Å²) < 4.78 is 10.2. The van der Waals surface area contributed by atoms with Gasteiger partial charge in [-0.1, -0.05) is 26.2 Å². The number of esters is 1. The van der Waals surface area contributed by atoms with Crippen molar-refractivity contribution in [1.82, 2.24) is 5.32 Å². The summed E-state index contributed by atoms with van der Waals surface area (Å²) in [5.41, 5.74) is 0. The molecule has 1 unspecified atom stereocenters. The van der Waals surface area contributed by atoms with Crippen molar-refractivity contribution in [3.8, 4) is 0 Å². The van der Waals surface area contributed by atoms with E-state index in [9.17, 15) is 4.79 Å². The van der Waals surface area contributed by atoms with Crippen LogP contribution >= 0.6 is 0 Å². The Balaban J connectivity index is 2.19. The van der Waals surface area contributed by atoms with Crippen molar-refractivity contribution in [2.45, 2.75) is 44.8 Å². The van der Waals surface area contributed by atoms with E-state index in [-0.39, 0.29) is 18.1 Å². The van der Waals surface area contributed by atoms with Gasteiger partial charge in [0.15, 0.2) is 0 Å². The fourth-order valence-corrected chi connectivity index (χ4v) is 1.51. The number of carbonyl (C=O) groups is 1. The van der Waals surface area contributed by atoms with Crippen LogP contribution in [0.3, 0.4) is 0 Å². The Labute approximate surface area is 91.3 Å². The molecule has 1 atom stereocenters. The van der Waals surface area contributed by atoms with Gasteiger partial charge in [0, 0.05) is 0 Å². The summed E-state index contributed by atoms with van der Waals surface area (Å²) in [6.07, 6.45) is 4.24. The third-order valence-electron chi connectivity index (χ3n) is 2.62. The molecule has 4 heteroatoms. The van der Waals surface area contributed by atoms with E-state index < -0.39 is 0 Å². The van der Waals surface area contributed by atoms with Crippen LogP contribution in [0.4, 0.5) is 0 Å². The van der Waals surface area contributed by atoms with Gasteiger partial charge in [-0.15, -0.1) is 0 Å². The molecular formula is C11H21NO3. The topological polar surface area (TPSA) is 47.6 Å². The van der Waals surface area contributed by atoms with Crippen molar-refractivity contribution < 1.29 is 14.3 Å². The molecule has 0 aromatic heterocycles. The fourth-order valence-electron chi connectivity index (χ4n) is 1.51. The summed E-state index contributed by atoms with van der Waals surface area (Å²) in [6, 6.07) is -0.155. The highest BCUT2D eigenvalue weighted by atomic mass is 16.6. The summed E-state index contributed by atoms with van der Waals surface area (Å²) in [5.74, 6) is -0.137. The van der Waals surface area contributed by atoms with E-state index in [1.807, 2.05) is 0 Å². The van der Waals surface area contributed by atoms with Gasteiger partial charge in [0.25, 0.3) is 0 Å². The molecule has 1 fully saturated rings. The molecule has 0 amide bonds. The molecule has 0 aromatic carbocycles. The Hall–Kier alpha value is -0.610. The Morgan fingerprint density at radius 1 is 1.53 bits per heavy atom. The Morgan fingerprint density at radius 2 is 2.27 bits per heavy atom. The third-order valence-corrected chi connectivity index (χ3v) is 2.62. The van der Waals surface area contributed by atoms with Crippen LogP contribution in [0.2, 0.25) is 0 Å². The smallest absolute Gasteiger partial charge is 0.323 e. The molecule has 0 saturated carbocycles. The summed E-state index contributed by atoms with van der Waals surface area (Å²) in [7, 11) is 1.80. The standard InChI is InChI=1S/C11H21NO3/c1-3-4-5-6-10(12-2)11(13)15-9-7-14-8-9/h9-10,12H,3-8H2,1-2H3. The Kier molecular flexibility index (Phi) is 5.65. The van der Waals surface area contributed by atoms with Gasteiger partial charge in [0.1, 0.15) is 12.1 Å². The molecule has 88 valence electrons. The Bertz CT molecular complexity index is 192. The summed E-state index contributed by atoms with van der Waals surface area (Å²) >= 11 is 0. The van der Waals surface area contributed by atoms with Crippen molar-refractivity contribution in [3.63, 3.8) is 0 Å². The van der Waals surface area contributed by atoms with Gasteiger partial charge in [0.05, 0.1) is 13.2 Å². The summed E-state index contributed by atoms with van der Waals surface area (Å²) in [6.45, 7) is 3.26. The number of carbonyl (C=O) groups excluding carboxylic acids is 1. The van der Waals surface area contributed by atoms with E-state index in [1.54, 1.807) is 7.05 Å². The van der Waals surface area contributed by atoms with Crippen LogP contribution in [-0.4, -0.2) is 38.4 Å². The van der Waals surface area contributed by atoms with E-state index in [0.29, 0.717) is 13.2 Å². The number of likely N-dealkylation sites (N-methyl/N-ethyl adjacent to an activating group) is 1. The maximum atomic E-state index is 11.6. The van der Waals surface area contributed by atoms with Crippen molar-refractivity contribution in [3.05, 3.63) is 0 Å². The highest BCUT2D eigenvalue weighted by Gasteiger charge is 2.26. The van der Waals surface area contributed by atoms with Gasteiger partial charge >= 0.3 is 5.97 Å². The molecule has 1 aliphatic heterocycles. The molecule has 0 aliphatic carbocycles. The van der Waals surface area contributed by atoms with Gasteiger partial charge < -0.3 is 14.8 Å². The van der Waals surface area contributed by atoms with Gasteiger partial charge in [-0.25, -0.2) is 0 Å². The average molecular weight is 215 g/mol. The fraction of sp³-hybridized carbons (Fsp3) is 0.909. The molecule has 0 bridgehead atoms. The first-order chi connectivity index (χ1) is 7.27. The van der Waals surface area contributed by atoms with Crippen molar-refractivity contribution in [1.29, 1.82) is 0 Å². The monoisotopic (exact) mass is 215 g/mol. The predicted molar refractivity (Wildman–Crippen MR) is 57.7 cm³/mol. The van der Waals surface area contributed by atoms with E-state index in [2.05, 4.69) is 12.2 Å². The molecule has 1 N–H and O–H groups in total. The average Bonchev–Trinajstić information content (AvgIpc) is 2.18. The lowest BCUT2D eigenvalue weighted by atomic mass is 10.1. The first-order valence-corrected chi connectivity index (χ1v) is 5.73. The number of ether oxygens (including phenoxy) is 2. The van der Waals surface area contributed by atoms with Crippen molar-refractivity contribution >= 4 is 5.97 Å². The van der Waals surface area contributed by atoms with Gasteiger partial charge in [-0.05, 0) is 13.5 Å². The largest absolute Gasteiger partial charge is 0.456 e. The van der Waals surface area contributed by atoms with Gasteiger partial charge in [-0.2, -0.15) is 0 Å². The van der Waals surface area contributed by atoms with E-state index in [1.165, 1.54) is 6.42 Å². The molecule has 1 saturated heterocycles. The SMILES string of the molecule is CCCCCC(NC)C(=O)OC1COC1. The molecule has 0 radical (unpaired) electrons. The normalized spacial score (nSPS) is 18.3. The molecule has 1 aliphatic rings. The molecule has 0 aromatic rings. The summed E-state index contributed by atoms with van der Waals surface area (Å²) in [5, 5.41) is 3.00. The highest BCUT2D eigenvalue weighted by Crippen LogP contribution is 2.10. The minimum absolute atomic E-state index is 0.0143. The lowest BCUT2D eigenvalue weighted by Gasteiger charge is -2.27. The minimum atomic E-state index is -0.155. The lowest BCUT2D eigenvalue weighted by molar-refractivity contribution is -0.174. The number of rotatable bonds is 7. The van der Waals surface area contributed by atoms with E-state index >= 15 is 0 Å². The first-order valence-electron chi connectivity index (χ1n) is 5.73. The molecular weight excluding hydrogens is 194 g/mol. The number of hydrogen-bond donors (Lipinski definition) is 1. The third kappa shape index (κ3) is 4.18. The Morgan fingerprint density at radius 3 is 2.73 bits per heavy atom. The second-order valence-corrected chi connectivity index (χ2v) is 3.93. The lowest BCUT2D eigenvalue weighted by Crippen LogP contribution is -2.43. The number of unbranched alkanes of at least 4 members (excludes halogenated alkanes) is 2. The van der Waals surface area contributed by atoms with Crippen LogP contribution in [0.5, 0.6) is 0 Å². The quantitative estimate of drug-likeness (QED) is 0.510. The number of hydrogen-bond acceptors (Lipinski definition) is 4. The van der Waals surface area contributed by atoms with Crippen LogP contribution in [-0.2, 0) is 14.3 Å².